The molecule has 0 atom stereocenters. The Hall–Kier alpha value is -3.23. The molecule has 0 radical (unpaired) electrons. The largest absolute Gasteiger partial charge is 0.493 e. The molecule has 176 valence electrons. The van der Waals surface area contributed by atoms with E-state index in [4.69, 9.17) is 18.9 Å². The normalized spacial score (nSPS) is 10.2. The van der Waals surface area contributed by atoms with Gasteiger partial charge in [0, 0.05) is 17.8 Å². The molecule has 0 bridgehead atoms. The van der Waals surface area contributed by atoms with Crippen molar-refractivity contribution in [3.8, 4) is 11.5 Å². The van der Waals surface area contributed by atoms with Crippen LogP contribution in [0, 0.1) is 0 Å². The first-order valence-corrected chi connectivity index (χ1v) is 11.2. The van der Waals surface area contributed by atoms with Gasteiger partial charge in [0.2, 0.25) is 0 Å². The van der Waals surface area contributed by atoms with Crippen molar-refractivity contribution in [1.29, 1.82) is 0 Å². The first kappa shape index (κ1) is 26.0. The van der Waals surface area contributed by atoms with E-state index >= 15 is 0 Å². The van der Waals surface area contributed by atoms with E-state index in [0.717, 1.165) is 22.5 Å². The zero-order chi connectivity index (χ0) is 23.9. The minimum absolute atomic E-state index is 0.136. The van der Waals surface area contributed by atoms with Crippen LogP contribution in [0.4, 0.5) is 0 Å². The van der Waals surface area contributed by atoms with Crippen LogP contribution in [0.25, 0.3) is 0 Å². The quantitative estimate of drug-likeness (QED) is 0.123. The molecule has 0 saturated heterocycles. The molecule has 7 nitrogen and oxygen atoms in total. The monoisotopic (exact) mass is 472 g/mol. The molecule has 2 rings (SSSR count). The Bertz CT molecular complexity index is 907. The van der Waals surface area contributed by atoms with Gasteiger partial charge in [-0.1, -0.05) is 25.3 Å². The maximum Gasteiger partial charge on any atom is 0.335 e. The molecule has 0 amide bonds. The van der Waals surface area contributed by atoms with Crippen LogP contribution in [-0.2, 0) is 29.6 Å². The second-order valence-electron chi connectivity index (χ2n) is 6.68. The van der Waals surface area contributed by atoms with Crippen LogP contribution in [0.5, 0.6) is 11.5 Å². The van der Waals surface area contributed by atoms with E-state index in [2.05, 4.69) is 17.9 Å². The smallest absolute Gasteiger partial charge is 0.335 e. The van der Waals surface area contributed by atoms with Crippen molar-refractivity contribution in [1.82, 2.24) is 0 Å². The summed E-state index contributed by atoms with van der Waals surface area (Å²) in [6, 6.07) is 15.4. The lowest BCUT2D eigenvalue weighted by molar-refractivity contribution is -0.140. The number of rotatable bonds is 15. The first-order chi connectivity index (χ1) is 16.0. The molecule has 0 N–H and O–H groups in total. The molecule has 0 heterocycles. The highest BCUT2D eigenvalue weighted by molar-refractivity contribution is 7.98. The summed E-state index contributed by atoms with van der Waals surface area (Å²) in [5.41, 5.74) is 1.42. The predicted molar refractivity (Wildman–Crippen MR) is 126 cm³/mol. The number of benzene rings is 2. The Balaban J connectivity index is 1.67. The predicted octanol–water partition coefficient (Wildman–Crippen LogP) is 4.56. The van der Waals surface area contributed by atoms with Gasteiger partial charge in [-0.05, 0) is 42.0 Å². The number of esters is 2. The van der Waals surface area contributed by atoms with Gasteiger partial charge in [-0.25, -0.2) is 4.79 Å². The molecule has 2 aromatic carbocycles. The minimum Gasteiger partial charge on any atom is -0.493 e. The van der Waals surface area contributed by atoms with Gasteiger partial charge >= 0.3 is 11.9 Å². The standard InChI is InChI=1S/C25H28O7S/c1-4-29-24(26)13-14-30-21-7-5-20(6-8-21)18-33-23-11-9-22(10-12-23)31-15-16-32-25(27)19(2)17-28-3/h4-12H,1-2,13-18H2,3H3. The van der Waals surface area contributed by atoms with E-state index in [9.17, 15) is 9.59 Å². The van der Waals surface area contributed by atoms with E-state index in [1.165, 1.54) is 7.11 Å². The Morgan fingerprint density at radius 1 is 0.939 bits per heavy atom. The number of hydrogen-bond donors (Lipinski definition) is 0. The summed E-state index contributed by atoms with van der Waals surface area (Å²) in [5.74, 6) is 1.34. The van der Waals surface area contributed by atoms with Crippen LogP contribution in [0.1, 0.15) is 12.0 Å². The summed E-state index contributed by atoms with van der Waals surface area (Å²) in [7, 11) is 1.49. The van der Waals surface area contributed by atoms with E-state index in [1.54, 1.807) is 11.8 Å². The fourth-order valence-corrected chi connectivity index (χ4v) is 3.37. The third-order valence-corrected chi connectivity index (χ3v) is 5.22. The summed E-state index contributed by atoms with van der Waals surface area (Å²) in [4.78, 5) is 24.0. The van der Waals surface area contributed by atoms with Gasteiger partial charge in [-0.3, -0.25) is 4.79 Å². The van der Waals surface area contributed by atoms with Crippen LogP contribution in [0.2, 0.25) is 0 Å². The fraction of sp³-hybridized carbons (Fsp3) is 0.280. The van der Waals surface area contributed by atoms with Gasteiger partial charge in [-0.15, -0.1) is 11.8 Å². The van der Waals surface area contributed by atoms with Gasteiger partial charge in [0.15, 0.2) is 0 Å². The average Bonchev–Trinajstić information content (AvgIpc) is 2.82. The second-order valence-corrected chi connectivity index (χ2v) is 7.73. The highest BCUT2D eigenvalue weighted by atomic mass is 32.2. The Labute approximate surface area is 198 Å². The molecular formula is C25H28O7S. The first-order valence-electron chi connectivity index (χ1n) is 10.2. The van der Waals surface area contributed by atoms with E-state index in [0.29, 0.717) is 11.5 Å². The lowest BCUT2D eigenvalue weighted by Gasteiger charge is -2.09. The number of carbonyl (C=O) groups excluding carboxylic acids is 2. The number of ether oxygens (including phenoxy) is 5. The van der Waals surface area contributed by atoms with Crippen molar-refractivity contribution in [3.05, 3.63) is 79.1 Å². The van der Waals surface area contributed by atoms with E-state index in [1.807, 2.05) is 48.5 Å². The number of methoxy groups -OCH3 is 1. The molecule has 0 unspecified atom stereocenters. The SMILES string of the molecule is C=COC(=O)CCOc1ccc(CSc2ccc(OCCOC(=O)C(=C)COC)cc2)cc1. The third-order valence-electron chi connectivity index (χ3n) is 4.13. The zero-order valence-corrected chi connectivity index (χ0v) is 19.4. The summed E-state index contributed by atoms with van der Waals surface area (Å²) >= 11 is 1.70. The highest BCUT2D eigenvalue weighted by Gasteiger charge is 2.08. The molecule has 0 aliphatic rings. The summed E-state index contributed by atoms with van der Waals surface area (Å²) in [6.07, 6.45) is 1.27. The number of hydrogen-bond acceptors (Lipinski definition) is 8. The van der Waals surface area contributed by atoms with Gasteiger partial charge in [0.25, 0.3) is 0 Å². The molecule has 0 aromatic heterocycles. The van der Waals surface area contributed by atoms with E-state index in [-0.39, 0.29) is 44.4 Å². The maximum absolute atomic E-state index is 11.6. The minimum atomic E-state index is -0.486. The number of carbonyl (C=O) groups is 2. The van der Waals surface area contributed by atoms with Crippen LogP contribution < -0.4 is 9.47 Å². The van der Waals surface area contributed by atoms with Crippen LogP contribution >= 0.6 is 11.8 Å². The Kier molecular flexibility index (Phi) is 11.6. The maximum atomic E-state index is 11.6. The zero-order valence-electron chi connectivity index (χ0n) is 18.6. The summed E-state index contributed by atoms with van der Waals surface area (Å²) < 4.78 is 25.7. The van der Waals surface area contributed by atoms with Crippen molar-refractivity contribution in [2.45, 2.75) is 17.1 Å². The molecule has 0 aliphatic carbocycles. The Morgan fingerprint density at radius 2 is 1.58 bits per heavy atom. The van der Waals surface area contributed by atoms with Crippen molar-refractivity contribution >= 4 is 23.7 Å². The molecule has 0 spiro atoms. The molecule has 0 aliphatic heterocycles. The molecule has 0 saturated carbocycles. The van der Waals surface area contributed by atoms with Crippen molar-refractivity contribution in [2.75, 3.05) is 33.5 Å². The van der Waals surface area contributed by atoms with Crippen molar-refractivity contribution < 1.29 is 33.3 Å². The van der Waals surface area contributed by atoms with E-state index < -0.39 is 5.97 Å². The van der Waals surface area contributed by atoms with Crippen LogP contribution in [0.3, 0.4) is 0 Å². The Morgan fingerprint density at radius 3 is 2.21 bits per heavy atom. The van der Waals surface area contributed by atoms with Gasteiger partial charge in [0.1, 0.15) is 24.7 Å². The number of thioether (sulfide) groups is 1. The van der Waals surface area contributed by atoms with Crippen molar-refractivity contribution in [2.24, 2.45) is 0 Å². The lowest BCUT2D eigenvalue weighted by Crippen LogP contribution is -2.15. The summed E-state index contributed by atoms with van der Waals surface area (Å²) in [6.45, 7) is 7.71. The molecule has 33 heavy (non-hydrogen) atoms. The molecule has 0 fully saturated rings. The van der Waals surface area contributed by atoms with Crippen LogP contribution in [0.15, 0.2) is 78.4 Å². The van der Waals surface area contributed by atoms with Gasteiger partial charge in [0.05, 0.1) is 31.5 Å². The van der Waals surface area contributed by atoms with Crippen LogP contribution in [-0.4, -0.2) is 45.5 Å². The lowest BCUT2D eigenvalue weighted by atomic mass is 10.2. The van der Waals surface area contributed by atoms with Gasteiger partial charge in [-0.2, -0.15) is 0 Å². The topological polar surface area (TPSA) is 80.3 Å². The molecular weight excluding hydrogens is 444 g/mol. The third kappa shape index (κ3) is 10.3. The fourth-order valence-electron chi connectivity index (χ4n) is 2.51. The molecule has 8 heteroatoms. The average molecular weight is 473 g/mol. The summed E-state index contributed by atoms with van der Waals surface area (Å²) in [5, 5.41) is 0. The van der Waals surface area contributed by atoms with Crippen molar-refractivity contribution in [3.63, 3.8) is 0 Å². The molecule has 2 aromatic rings. The second kappa shape index (κ2) is 14.8. The van der Waals surface area contributed by atoms with Gasteiger partial charge < -0.3 is 23.7 Å². The highest BCUT2D eigenvalue weighted by Crippen LogP contribution is 2.26.